The normalized spacial score (nSPS) is 15.4. The molecule has 0 bridgehead atoms. The van der Waals surface area contributed by atoms with Gasteiger partial charge >= 0.3 is 0 Å². The summed E-state index contributed by atoms with van der Waals surface area (Å²) in [5.41, 5.74) is 6.10. The molecule has 1 fully saturated rings. The van der Waals surface area contributed by atoms with Gasteiger partial charge in [0, 0.05) is 48.2 Å². The molecule has 1 amide bonds. The fraction of sp³-hybridized carbons (Fsp3) is 0.417. The third-order valence-electron chi connectivity index (χ3n) is 6.06. The molecule has 0 unspecified atom stereocenters. The summed E-state index contributed by atoms with van der Waals surface area (Å²) in [4.78, 5) is 20.9. The van der Waals surface area contributed by atoms with Gasteiger partial charge in [-0.3, -0.25) is 4.79 Å². The van der Waals surface area contributed by atoms with Crippen LogP contribution in [0.4, 0.5) is 4.39 Å². The Morgan fingerprint density at radius 3 is 2.55 bits per heavy atom. The number of piperidine rings is 1. The van der Waals surface area contributed by atoms with Crippen molar-refractivity contribution in [2.75, 3.05) is 13.1 Å². The van der Waals surface area contributed by atoms with E-state index in [-0.39, 0.29) is 5.91 Å². The average molecular weight is 394 g/mol. The smallest absolute Gasteiger partial charge is 0.219 e. The second kappa shape index (κ2) is 7.62. The van der Waals surface area contributed by atoms with Crippen molar-refractivity contribution < 1.29 is 9.18 Å². The molecule has 0 saturated carbocycles. The maximum atomic E-state index is 13.9. The first-order chi connectivity index (χ1) is 13.8. The molecule has 4 rings (SSSR count). The molecule has 2 aromatic heterocycles. The number of likely N-dealkylation sites (tertiary alicyclic amines) is 1. The van der Waals surface area contributed by atoms with E-state index < -0.39 is 5.95 Å². The van der Waals surface area contributed by atoms with Gasteiger partial charge in [-0.2, -0.15) is 4.39 Å². The van der Waals surface area contributed by atoms with Gasteiger partial charge in [0.25, 0.3) is 0 Å². The van der Waals surface area contributed by atoms with E-state index in [1.807, 2.05) is 17.9 Å². The molecule has 29 heavy (non-hydrogen) atoms. The van der Waals surface area contributed by atoms with Crippen molar-refractivity contribution in [1.29, 1.82) is 0 Å². The number of pyridine rings is 1. The van der Waals surface area contributed by atoms with Crippen molar-refractivity contribution in [2.24, 2.45) is 0 Å². The SMILES string of the molecule is CC(=O)N1CCC(c2ccc3[nH]c(-c4cc(C)nc(F)c4)c(C(C)C)c3c2)CC1. The summed E-state index contributed by atoms with van der Waals surface area (Å²) in [5.74, 6) is 0.474. The molecule has 4 nitrogen and oxygen atoms in total. The van der Waals surface area contributed by atoms with E-state index in [2.05, 4.69) is 42.0 Å². The van der Waals surface area contributed by atoms with Crippen LogP contribution in [0, 0.1) is 12.9 Å². The van der Waals surface area contributed by atoms with Crippen LogP contribution >= 0.6 is 0 Å². The van der Waals surface area contributed by atoms with Gasteiger partial charge in [-0.25, -0.2) is 4.98 Å². The van der Waals surface area contributed by atoms with Crippen LogP contribution in [0.3, 0.4) is 0 Å². The largest absolute Gasteiger partial charge is 0.354 e. The molecule has 0 spiro atoms. The molecule has 0 atom stereocenters. The molecule has 0 aliphatic carbocycles. The molecular weight excluding hydrogens is 365 g/mol. The molecule has 3 heterocycles. The number of fused-ring (bicyclic) bond motifs is 1. The van der Waals surface area contributed by atoms with Crippen molar-refractivity contribution in [2.45, 2.75) is 52.4 Å². The predicted molar refractivity (Wildman–Crippen MR) is 115 cm³/mol. The highest BCUT2D eigenvalue weighted by Gasteiger charge is 2.23. The fourth-order valence-corrected chi connectivity index (χ4v) is 4.61. The van der Waals surface area contributed by atoms with Crippen LogP contribution in [0.5, 0.6) is 0 Å². The Labute approximate surface area is 171 Å². The number of carbonyl (C=O) groups is 1. The fourth-order valence-electron chi connectivity index (χ4n) is 4.61. The number of aromatic nitrogens is 2. The zero-order chi connectivity index (χ0) is 20.7. The standard InChI is InChI=1S/C24H28FN3O/c1-14(2)23-20-12-18(17-7-9-28(10-8-17)16(4)29)5-6-21(20)27-24(23)19-11-15(3)26-22(25)13-19/h5-6,11-14,17,27H,7-10H2,1-4H3. The average Bonchev–Trinajstić information content (AvgIpc) is 3.06. The predicted octanol–water partition coefficient (Wildman–Crippen LogP) is 5.53. The maximum absolute atomic E-state index is 13.9. The van der Waals surface area contributed by atoms with Gasteiger partial charge in [0.15, 0.2) is 0 Å². The van der Waals surface area contributed by atoms with Crippen LogP contribution in [0.25, 0.3) is 22.2 Å². The molecular formula is C24H28FN3O. The van der Waals surface area contributed by atoms with Crippen molar-refractivity contribution in [3.05, 3.63) is 53.1 Å². The van der Waals surface area contributed by atoms with E-state index in [1.165, 1.54) is 22.6 Å². The number of hydrogen-bond donors (Lipinski definition) is 1. The molecule has 0 radical (unpaired) electrons. The van der Waals surface area contributed by atoms with Crippen molar-refractivity contribution in [3.8, 4) is 11.3 Å². The minimum absolute atomic E-state index is 0.163. The Morgan fingerprint density at radius 2 is 1.93 bits per heavy atom. The third-order valence-corrected chi connectivity index (χ3v) is 6.06. The Hall–Kier alpha value is -2.69. The molecule has 1 aliphatic heterocycles. The molecule has 1 N–H and O–H groups in total. The first-order valence-electron chi connectivity index (χ1n) is 10.4. The van der Waals surface area contributed by atoms with Crippen LogP contribution < -0.4 is 0 Å². The van der Waals surface area contributed by atoms with Gasteiger partial charge in [0.1, 0.15) is 0 Å². The molecule has 1 aliphatic rings. The second-order valence-corrected chi connectivity index (χ2v) is 8.47. The summed E-state index contributed by atoms with van der Waals surface area (Å²) in [6, 6.07) is 10.1. The van der Waals surface area contributed by atoms with E-state index in [0.717, 1.165) is 42.7 Å². The van der Waals surface area contributed by atoms with Gasteiger partial charge < -0.3 is 9.88 Å². The summed E-state index contributed by atoms with van der Waals surface area (Å²) in [6.45, 7) is 9.46. The summed E-state index contributed by atoms with van der Waals surface area (Å²) in [7, 11) is 0. The molecule has 152 valence electrons. The van der Waals surface area contributed by atoms with Crippen LogP contribution in [-0.2, 0) is 4.79 Å². The number of aryl methyl sites for hydroxylation is 1. The van der Waals surface area contributed by atoms with Crippen molar-refractivity contribution in [1.82, 2.24) is 14.9 Å². The van der Waals surface area contributed by atoms with E-state index in [0.29, 0.717) is 17.5 Å². The zero-order valence-corrected chi connectivity index (χ0v) is 17.6. The lowest BCUT2D eigenvalue weighted by atomic mass is 9.87. The first kappa shape index (κ1) is 19.6. The molecule has 5 heteroatoms. The topological polar surface area (TPSA) is 49.0 Å². The van der Waals surface area contributed by atoms with Gasteiger partial charge in [0.2, 0.25) is 11.9 Å². The minimum Gasteiger partial charge on any atom is -0.354 e. The Kier molecular flexibility index (Phi) is 5.15. The zero-order valence-electron chi connectivity index (χ0n) is 17.6. The number of nitrogens with zero attached hydrogens (tertiary/aromatic N) is 2. The quantitative estimate of drug-likeness (QED) is 0.595. The molecule has 3 aromatic rings. The molecule has 1 saturated heterocycles. The van der Waals surface area contributed by atoms with Gasteiger partial charge in [-0.15, -0.1) is 0 Å². The Bertz CT molecular complexity index is 1040. The number of hydrogen-bond acceptors (Lipinski definition) is 2. The Balaban J connectivity index is 1.75. The first-order valence-corrected chi connectivity index (χ1v) is 10.4. The van der Waals surface area contributed by atoms with Gasteiger partial charge in [0.05, 0.1) is 5.69 Å². The van der Waals surface area contributed by atoms with Crippen LogP contribution in [-0.4, -0.2) is 33.9 Å². The molecule has 1 aromatic carbocycles. The van der Waals surface area contributed by atoms with Gasteiger partial charge in [-0.05, 0) is 60.9 Å². The summed E-state index contributed by atoms with van der Waals surface area (Å²) >= 11 is 0. The number of amides is 1. The number of H-pyrrole nitrogens is 1. The van der Waals surface area contributed by atoms with E-state index >= 15 is 0 Å². The summed E-state index contributed by atoms with van der Waals surface area (Å²) in [6.07, 6.45) is 1.99. The highest BCUT2D eigenvalue weighted by molar-refractivity contribution is 5.92. The third kappa shape index (κ3) is 3.78. The number of benzene rings is 1. The monoisotopic (exact) mass is 393 g/mol. The lowest BCUT2D eigenvalue weighted by Crippen LogP contribution is -2.36. The maximum Gasteiger partial charge on any atom is 0.219 e. The lowest BCUT2D eigenvalue weighted by molar-refractivity contribution is -0.129. The Morgan fingerprint density at radius 1 is 1.21 bits per heavy atom. The second-order valence-electron chi connectivity index (χ2n) is 8.47. The van der Waals surface area contributed by atoms with Crippen LogP contribution in [0.1, 0.15) is 62.3 Å². The van der Waals surface area contributed by atoms with E-state index in [4.69, 9.17) is 0 Å². The van der Waals surface area contributed by atoms with Crippen molar-refractivity contribution in [3.63, 3.8) is 0 Å². The number of rotatable bonds is 3. The summed E-state index contributed by atoms with van der Waals surface area (Å²) < 4.78 is 13.9. The van der Waals surface area contributed by atoms with Crippen molar-refractivity contribution >= 4 is 16.8 Å². The number of aromatic amines is 1. The number of nitrogens with one attached hydrogen (secondary N) is 1. The van der Waals surface area contributed by atoms with Gasteiger partial charge in [-0.1, -0.05) is 19.9 Å². The van der Waals surface area contributed by atoms with E-state index in [1.54, 1.807) is 6.92 Å². The number of halogens is 1. The minimum atomic E-state index is -0.453. The highest BCUT2D eigenvalue weighted by Crippen LogP contribution is 2.38. The van der Waals surface area contributed by atoms with Crippen LogP contribution in [0.15, 0.2) is 30.3 Å². The van der Waals surface area contributed by atoms with Crippen LogP contribution in [0.2, 0.25) is 0 Å². The summed E-state index contributed by atoms with van der Waals surface area (Å²) in [5, 5.41) is 1.20. The highest BCUT2D eigenvalue weighted by atomic mass is 19.1. The van der Waals surface area contributed by atoms with E-state index in [9.17, 15) is 9.18 Å². The number of carbonyl (C=O) groups excluding carboxylic acids is 1. The lowest BCUT2D eigenvalue weighted by Gasteiger charge is -2.31.